The number of carbonyl (C=O) groups excluding carboxylic acids is 2. The summed E-state index contributed by atoms with van der Waals surface area (Å²) in [6.07, 6.45) is 5.51. The van der Waals surface area contributed by atoms with Gasteiger partial charge in [-0.1, -0.05) is 19.4 Å². The van der Waals surface area contributed by atoms with Gasteiger partial charge in [-0.05, 0) is 67.5 Å². The Morgan fingerprint density at radius 3 is 2.78 bits per heavy atom. The van der Waals surface area contributed by atoms with Crippen LogP contribution in [0.15, 0.2) is 35.7 Å². The van der Waals surface area contributed by atoms with Crippen molar-refractivity contribution in [1.82, 2.24) is 10.2 Å². The number of nitrogens with one attached hydrogen (secondary N) is 1. The van der Waals surface area contributed by atoms with E-state index in [-0.39, 0.29) is 17.9 Å². The van der Waals surface area contributed by atoms with E-state index < -0.39 is 6.04 Å². The highest BCUT2D eigenvalue weighted by Gasteiger charge is 2.28. The minimum Gasteiger partial charge on any atom is -0.493 e. The smallest absolute Gasteiger partial charge is 0.245 e. The molecule has 1 N–H and O–H groups in total. The zero-order chi connectivity index (χ0) is 23.1. The summed E-state index contributed by atoms with van der Waals surface area (Å²) >= 11 is 1.75. The number of thiophene rings is 1. The summed E-state index contributed by atoms with van der Waals surface area (Å²) in [7, 11) is 1.59. The molecule has 1 aromatic heterocycles. The average Bonchev–Trinajstić information content (AvgIpc) is 3.25. The maximum atomic E-state index is 13.1. The van der Waals surface area contributed by atoms with Gasteiger partial charge in [0.05, 0.1) is 13.2 Å². The predicted molar refractivity (Wildman–Crippen MR) is 128 cm³/mol. The van der Waals surface area contributed by atoms with Gasteiger partial charge in [-0.25, -0.2) is 0 Å². The lowest BCUT2D eigenvalue weighted by atomic mass is 10.1. The molecule has 0 bridgehead atoms. The Hall–Kier alpha value is -2.80. The molecule has 0 spiro atoms. The van der Waals surface area contributed by atoms with Crippen LogP contribution in [0.25, 0.3) is 6.08 Å². The fraction of sp³-hybridized carbons (Fsp3) is 0.440. The van der Waals surface area contributed by atoms with Gasteiger partial charge < -0.3 is 19.7 Å². The minimum atomic E-state index is -0.520. The topological polar surface area (TPSA) is 67.9 Å². The lowest BCUT2D eigenvalue weighted by Crippen LogP contribution is -2.49. The lowest BCUT2D eigenvalue weighted by molar-refractivity contribution is -0.136. The summed E-state index contributed by atoms with van der Waals surface area (Å²) < 4.78 is 11.1. The second-order valence-corrected chi connectivity index (χ2v) is 9.14. The number of rotatable bonds is 9. The van der Waals surface area contributed by atoms with Crippen LogP contribution < -0.4 is 14.8 Å². The first kappa shape index (κ1) is 23.9. The molecule has 2 amide bonds. The zero-order valence-corrected chi connectivity index (χ0v) is 20.0. The number of hydrogen-bond acceptors (Lipinski definition) is 5. The van der Waals surface area contributed by atoms with E-state index in [4.69, 9.17) is 9.47 Å². The van der Waals surface area contributed by atoms with Gasteiger partial charge in [-0.2, -0.15) is 0 Å². The number of fused-ring (bicyclic) bond motifs is 1. The van der Waals surface area contributed by atoms with Crippen LogP contribution in [-0.2, 0) is 22.6 Å². The first-order chi connectivity index (χ1) is 15.4. The molecule has 2 aromatic rings. The predicted octanol–water partition coefficient (Wildman–Crippen LogP) is 4.43. The van der Waals surface area contributed by atoms with E-state index in [1.54, 1.807) is 24.5 Å². The van der Waals surface area contributed by atoms with Gasteiger partial charge in [0.25, 0.3) is 0 Å². The third-order valence-electron chi connectivity index (χ3n) is 5.29. The van der Waals surface area contributed by atoms with Crippen molar-refractivity contribution in [3.8, 4) is 11.5 Å². The van der Waals surface area contributed by atoms with Crippen molar-refractivity contribution >= 4 is 29.2 Å². The van der Waals surface area contributed by atoms with Gasteiger partial charge in [-0.3, -0.25) is 9.59 Å². The van der Waals surface area contributed by atoms with Crippen LogP contribution >= 0.6 is 11.3 Å². The number of hydrogen-bond donors (Lipinski definition) is 1. The number of amides is 2. The van der Waals surface area contributed by atoms with E-state index in [1.165, 1.54) is 16.5 Å². The molecule has 1 aliphatic rings. The molecule has 0 fully saturated rings. The van der Waals surface area contributed by atoms with E-state index in [1.807, 2.05) is 43.9 Å². The summed E-state index contributed by atoms with van der Waals surface area (Å²) in [4.78, 5) is 28.9. The second-order valence-electron chi connectivity index (χ2n) is 8.14. The van der Waals surface area contributed by atoms with Crippen molar-refractivity contribution in [2.24, 2.45) is 0 Å². The summed E-state index contributed by atoms with van der Waals surface area (Å²) in [5.74, 6) is 0.972. The molecular weight excluding hydrogens is 424 g/mol. The fourth-order valence-electron chi connectivity index (χ4n) is 3.73. The Morgan fingerprint density at radius 1 is 1.25 bits per heavy atom. The van der Waals surface area contributed by atoms with Crippen LogP contribution in [0.4, 0.5) is 0 Å². The number of benzene rings is 1. The molecule has 3 rings (SSSR count). The maximum Gasteiger partial charge on any atom is 0.245 e. The van der Waals surface area contributed by atoms with E-state index in [0.29, 0.717) is 31.0 Å². The molecule has 172 valence electrons. The molecule has 0 saturated heterocycles. The fourth-order valence-corrected chi connectivity index (χ4v) is 4.62. The molecule has 7 heteroatoms. The highest BCUT2D eigenvalue weighted by molar-refractivity contribution is 7.10. The van der Waals surface area contributed by atoms with Gasteiger partial charge in [0.1, 0.15) is 6.04 Å². The quantitative estimate of drug-likeness (QED) is 0.567. The van der Waals surface area contributed by atoms with Crippen LogP contribution in [-0.4, -0.2) is 42.5 Å². The maximum absolute atomic E-state index is 13.1. The SMILES string of the molecule is CCCC(NC(=O)/C=C/c1ccc(OC(C)C)c(OC)c1)C(=O)N1CCc2sccc2C1. The molecule has 0 radical (unpaired) electrons. The highest BCUT2D eigenvalue weighted by atomic mass is 32.1. The molecule has 2 heterocycles. The first-order valence-corrected chi connectivity index (χ1v) is 12.0. The monoisotopic (exact) mass is 456 g/mol. The number of ether oxygens (including phenoxy) is 2. The zero-order valence-electron chi connectivity index (χ0n) is 19.2. The van der Waals surface area contributed by atoms with Gasteiger partial charge in [0.2, 0.25) is 11.8 Å². The van der Waals surface area contributed by atoms with E-state index in [9.17, 15) is 9.59 Å². The Kier molecular flexibility index (Phi) is 8.33. The van der Waals surface area contributed by atoms with Crippen LogP contribution in [0.1, 0.15) is 49.6 Å². The molecule has 0 aliphatic carbocycles. The Bertz CT molecular complexity index is 967. The van der Waals surface area contributed by atoms with Crippen LogP contribution in [0.3, 0.4) is 0 Å². The minimum absolute atomic E-state index is 0.0118. The average molecular weight is 457 g/mol. The molecule has 32 heavy (non-hydrogen) atoms. The van der Waals surface area contributed by atoms with Crippen molar-refractivity contribution in [1.29, 1.82) is 0 Å². The molecule has 1 aliphatic heterocycles. The summed E-state index contributed by atoms with van der Waals surface area (Å²) in [6.45, 7) is 7.24. The van der Waals surface area contributed by atoms with Crippen molar-refractivity contribution in [3.05, 3.63) is 51.7 Å². The Balaban J connectivity index is 1.63. The third kappa shape index (κ3) is 6.13. The molecule has 0 saturated carbocycles. The molecule has 1 atom stereocenters. The van der Waals surface area contributed by atoms with Gasteiger partial charge in [-0.15, -0.1) is 11.3 Å². The molecular formula is C25H32N2O4S. The lowest BCUT2D eigenvalue weighted by Gasteiger charge is -2.30. The van der Waals surface area contributed by atoms with Crippen molar-refractivity contribution in [3.63, 3.8) is 0 Å². The van der Waals surface area contributed by atoms with E-state index in [2.05, 4.69) is 16.8 Å². The number of carbonyl (C=O) groups is 2. The van der Waals surface area contributed by atoms with E-state index >= 15 is 0 Å². The van der Waals surface area contributed by atoms with Crippen molar-refractivity contribution in [2.75, 3.05) is 13.7 Å². The molecule has 1 unspecified atom stereocenters. The van der Waals surface area contributed by atoms with Crippen LogP contribution in [0, 0.1) is 0 Å². The molecule has 6 nitrogen and oxygen atoms in total. The second kappa shape index (κ2) is 11.2. The summed E-state index contributed by atoms with van der Waals surface area (Å²) in [6, 6.07) is 7.08. The first-order valence-electron chi connectivity index (χ1n) is 11.1. The third-order valence-corrected chi connectivity index (χ3v) is 6.31. The van der Waals surface area contributed by atoms with Crippen LogP contribution in [0.2, 0.25) is 0 Å². The Labute approximate surface area is 194 Å². The van der Waals surface area contributed by atoms with E-state index in [0.717, 1.165) is 18.4 Å². The normalized spacial score (nSPS) is 14.3. The molecule has 1 aromatic carbocycles. The Morgan fingerprint density at radius 2 is 2.06 bits per heavy atom. The van der Waals surface area contributed by atoms with Crippen LogP contribution in [0.5, 0.6) is 11.5 Å². The number of methoxy groups -OCH3 is 1. The summed E-state index contributed by atoms with van der Waals surface area (Å²) in [5.41, 5.74) is 2.03. The van der Waals surface area contributed by atoms with Crippen molar-refractivity contribution < 1.29 is 19.1 Å². The standard InChI is InChI=1S/C25H32N2O4S/c1-5-6-20(25(29)27-13-11-23-19(16-27)12-14-32-23)26-24(28)10-8-18-7-9-21(31-17(2)3)22(15-18)30-4/h7-10,12,14-15,17,20H,5-6,11,13,16H2,1-4H3,(H,26,28)/b10-8+. The van der Waals surface area contributed by atoms with Crippen molar-refractivity contribution in [2.45, 2.75) is 58.7 Å². The van der Waals surface area contributed by atoms with Gasteiger partial charge in [0.15, 0.2) is 11.5 Å². The van der Waals surface area contributed by atoms with Gasteiger partial charge in [0, 0.05) is 24.0 Å². The summed E-state index contributed by atoms with van der Waals surface area (Å²) in [5, 5.41) is 4.97. The van der Waals surface area contributed by atoms with Gasteiger partial charge >= 0.3 is 0 Å². The largest absolute Gasteiger partial charge is 0.493 e. The number of nitrogens with zero attached hydrogens (tertiary/aromatic N) is 1. The highest BCUT2D eigenvalue weighted by Crippen LogP contribution is 2.29.